The van der Waals surface area contributed by atoms with E-state index in [2.05, 4.69) is 11.7 Å². The minimum absolute atomic E-state index is 0.0428. The van der Waals surface area contributed by atoms with Crippen molar-refractivity contribution in [3.8, 4) is 0 Å². The van der Waals surface area contributed by atoms with E-state index in [1.165, 1.54) is 55.6 Å². The van der Waals surface area contributed by atoms with Gasteiger partial charge in [-0.05, 0) is 86.1 Å². The Hall–Kier alpha value is -3.80. The van der Waals surface area contributed by atoms with Crippen LogP contribution in [-0.2, 0) is 23.7 Å². The molecule has 2 rings (SSSR count). The number of carbonyl (C=O) groups is 4. The lowest BCUT2D eigenvalue weighted by molar-refractivity contribution is 0.0265. The Morgan fingerprint density at radius 1 is 0.628 bits per heavy atom. The van der Waals surface area contributed by atoms with Crippen molar-refractivity contribution in [2.75, 3.05) is 53.4 Å². The maximum absolute atomic E-state index is 12.2. The van der Waals surface area contributed by atoms with Gasteiger partial charge in [0, 0.05) is 19.8 Å². The summed E-state index contributed by atoms with van der Waals surface area (Å²) >= 11 is 0. The molecule has 0 aromatic heterocycles. The maximum atomic E-state index is 12.2. The van der Waals surface area contributed by atoms with E-state index in [9.17, 15) is 24.3 Å². The number of methoxy groups -OCH3 is 1. The molecule has 2 aromatic rings. The predicted octanol–water partition coefficient (Wildman–Crippen LogP) is 4.56. The number of aliphatic hydroxyl groups is 1. The summed E-state index contributed by atoms with van der Waals surface area (Å²) in [7, 11) is 1.29. The number of ether oxygens (including phenoxy) is 5. The first-order chi connectivity index (χ1) is 20.7. The van der Waals surface area contributed by atoms with E-state index in [0.29, 0.717) is 30.8 Å². The van der Waals surface area contributed by atoms with Crippen molar-refractivity contribution in [3.63, 3.8) is 0 Å². The largest absolute Gasteiger partial charge is 0.478 e. The van der Waals surface area contributed by atoms with Crippen LogP contribution in [-0.4, -0.2) is 87.4 Å². The number of carboxylic acid groups (broad SMARTS) is 1. The lowest BCUT2D eigenvalue weighted by Gasteiger charge is -2.32. The summed E-state index contributed by atoms with van der Waals surface area (Å²) in [6, 6.07) is 11.5. The quantitative estimate of drug-likeness (QED) is 0.117. The Morgan fingerprint density at radius 2 is 1.05 bits per heavy atom. The summed E-state index contributed by atoms with van der Waals surface area (Å²) in [6.45, 7) is 3.89. The van der Waals surface area contributed by atoms with E-state index < -0.39 is 23.9 Å². The third-order valence-electron chi connectivity index (χ3n) is 7.21. The zero-order valence-electron chi connectivity index (χ0n) is 24.9. The van der Waals surface area contributed by atoms with E-state index >= 15 is 0 Å². The fourth-order valence-corrected chi connectivity index (χ4v) is 4.61. The average molecular weight is 603 g/mol. The fourth-order valence-electron chi connectivity index (χ4n) is 4.61. The predicted molar refractivity (Wildman–Crippen MR) is 156 cm³/mol. The Morgan fingerprint density at radius 3 is 1.42 bits per heavy atom. The van der Waals surface area contributed by atoms with Crippen molar-refractivity contribution >= 4 is 23.9 Å². The molecule has 11 nitrogen and oxygen atoms in total. The van der Waals surface area contributed by atoms with Crippen LogP contribution in [0.3, 0.4) is 0 Å². The number of carboxylic acids is 1. The number of hydrogen-bond acceptors (Lipinski definition) is 10. The number of esters is 3. The number of aromatic carboxylic acids is 1. The molecule has 0 aliphatic rings. The summed E-state index contributed by atoms with van der Waals surface area (Å²) in [5, 5.41) is 18.6. The van der Waals surface area contributed by atoms with Gasteiger partial charge in [0.25, 0.3) is 0 Å². The molecule has 0 amide bonds. The first-order valence-electron chi connectivity index (χ1n) is 14.4. The van der Waals surface area contributed by atoms with Crippen LogP contribution in [0.1, 0.15) is 86.9 Å². The van der Waals surface area contributed by atoms with Crippen LogP contribution in [0, 0.1) is 5.41 Å². The van der Waals surface area contributed by atoms with Crippen molar-refractivity contribution < 1.29 is 53.1 Å². The van der Waals surface area contributed by atoms with Crippen molar-refractivity contribution in [1.29, 1.82) is 0 Å². The molecule has 2 aromatic carbocycles. The Balaban J connectivity index is 1.59. The van der Waals surface area contributed by atoms with Crippen LogP contribution in [0.15, 0.2) is 48.5 Å². The highest BCUT2D eigenvalue weighted by molar-refractivity contribution is 5.93. The number of aliphatic hydroxyl groups excluding tert-OH is 1. The highest BCUT2D eigenvalue weighted by Gasteiger charge is 2.26. The molecule has 0 radical (unpaired) electrons. The van der Waals surface area contributed by atoms with Crippen molar-refractivity contribution in [2.45, 2.75) is 45.4 Å². The highest BCUT2D eigenvalue weighted by atomic mass is 16.6. The fraction of sp³-hybridized carbons (Fsp3) is 0.500. The van der Waals surface area contributed by atoms with E-state index in [-0.39, 0.29) is 49.6 Å². The van der Waals surface area contributed by atoms with Gasteiger partial charge in [-0.25, -0.2) is 19.2 Å². The minimum Gasteiger partial charge on any atom is -0.478 e. The van der Waals surface area contributed by atoms with Gasteiger partial charge in [0.15, 0.2) is 0 Å². The molecule has 1 unspecified atom stereocenters. The second kappa shape index (κ2) is 19.4. The van der Waals surface area contributed by atoms with E-state index in [1.807, 2.05) is 0 Å². The van der Waals surface area contributed by atoms with Crippen LogP contribution in [0.4, 0.5) is 0 Å². The first-order valence-corrected chi connectivity index (χ1v) is 14.4. The van der Waals surface area contributed by atoms with E-state index in [1.54, 1.807) is 0 Å². The molecule has 0 heterocycles. The third-order valence-corrected chi connectivity index (χ3v) is 7.21. The molecule has 0 bridgehead atoms. The third kappa shape index (κ3) is 12.5. The zero-order valence-corrected chi connectivity index (χ0v) is 24.9. The van der Waals surface area contributed by atoms with Gasteiger partial charge in [0.1, 0.15) is 13.2 Å². The average Bonchev–Trinajstić information content (AvgIpc) is 3.03. The lowest BCUT2D eigenvalue weighted by atomic mass is 9.74. The molecule has 0 saturated heterocycles. The van der Waals surface area contributed by atoms with E-state index in [4.69, 9.17) is 24.1 Å². The summed E-state index contributed by atoms with van der Waals surface area (Å²) in [5.74, 6) is -2.58. The summed E-state index contributed by atoms with van der Waals surface area (Å²) in [5.41, 5.74) is 1.01. The van der Waals surface area contributed by atoms with Gasteiger partial charge in [-0.15, -0.1) is 0 Å². The molecule has 0 aliphatic carbocycles. The van der Waals surface area contributed by atoms with Gasteiger partial charge in [0.2, 0.25) is 0 Å². The molecule has 0 aliphatic heterocycles. The second-order valence-corrected chi connectivity index (χ2v) is 9.98. The Kier molecular flexibility index (Phi) is 16.0. The highest BCUT2D eigenvalue weighted by Crippen LogP contribution is 2.37. The molecule has 11 heteroatoms. The number of benzene rings is 2. The number of hydrogen-bond donors (Lipinski definition) is 2. The Labute approximate surface area is 252 Å². The molecular formula is C32H42O11. The molecule has 236 valence electrons. The standard InChI is InChI=1S/C32H42O11/c1-3-32(16-17-33,14-4-18-40-20-22-42-30(37)26-8-6-24(7-9-26)28(34)35)15-5-19-41-21-23-43-31(38)27-12-10-25(11-13-27)29(36)39-2/h6-13,33H,3-5,14-23H2,1-2H3,(H,34,35). The van der Waals surface area contributed by atoms with Gasteiger partial charge in [-0.1, -0.05) is 13.3 Å². The van der Waals surface area contributed by atoms with Crippen LogP contribution in [0.25, 0.3) is 0 Å². The second-order valence-electron chi connectivity index (χ2n) is 9.98. The SMILES string of the molecule is CCC(CCO)(CCCOCCOC(=O)c1ccc(C(=O)O)cc1)CCCOCCOC(=O)c1ccc(C(=O)OC)cc1. The topological polar surface area (TPSA) is 155 Å². The number of rotatable bonds is 21. The molecule has 0 saturated carbocycles. The molecule has 0 fully saturated rings. The number of carbonyl (C=O) groups excluding carboxylic acids is 3. The van der Waals surface area contributed by atoms with Gasteiger partial charge in [0.05, 0.1) is 42.6 Å². The minimum atomic E-state index is -1.06. The normalized spacial score (nSPS) is 12.3. The van der Waals surface area contributed by atoms with Crippen LogP contribution >= 0.6 is 0 Å². The molecular weight excluding hydrogens is 560 g/mol. The smallest absolute Gasteiger partial charge is 0.338 e. The molecule has 0 spiro atoms. The molecule has 43 heavy (non-hydrogen) atoms. The van der Waals surface area contributed by atoms with Gasteiger partial charge in [-0.3, -0.25) is 0 Å². The summed E-state index contributed by atoms with van der Waals surface area (Å²) in [4.78, 5) is 46.6. The van der Waals surface area contributed by atoms with Crippen molar-refractivity contribution in [1.82, 2.24) is 0 Å². The van der Waals surface area contributed by atoms with Crippen LogP contribution < -0.4 is 0 Å². The van der Waals surface area contributed by atoms with Gasteiger partial charge < -0.3 is 33.9 Å². The monoisotopic (exact) mass is 602 g/mol. The van der Waals surface area contributed by atoms with Gasteiger partial charge >= 0.3 is 23.9 Å². The zero-order chi connectivity index (χ0) is 31.5. The lowest BCUT2D eigenvalue weighted by Crippen LogP contribution is -2.23. The summed E-state index contributed by atoms with van der Waals surface area (Å²) < 4.78 is 26.3. The first kappa shape index (κ1) is 35.4. The van der Waals surface area contributed by atoms with Crippen LogP contribution in [0.2, 0.25) is 0 Å². The van der Waals surface area contributed by atoms with Crippen molar-refractivity contribution in [3.05, 3.63) is 70.8 Å². The van der Waals surface area contributed by atoms with Crippen LogP contribution in [0.5, 0.6) is 0 Å². The summed E-state index contributed by atoms with van der Waals surface area (Å²) in [6.07, 6.45) is 4.89. The van der Waals surface area contributed by atoms with Gasteiger partial charge in [-0.2, -0.15) is 0 Å². The maximum Gasteiger partial charge on any atom is 0.338 e. The molecule has 2 N–H and O–H groups in total. The molecule has 1 atom stereocenters. The Bertz CT molecular complexity index is 1140. The van der Waals surface area contributed by atoms with Crippen molar-refractivity contribution in [2.24, 2.45) is 5.41 Å². The van der Waals surface area contributed by atoms with E-state index in [0.717, 1.165) is 32.1 Å².